The number of para-hydroxylation sites is 2. The van der Waals surface area contributed by atoms with Crippen molar-refractivity contribution in [1.29, 1.82) is 0 Å². The van der Waals surface area contributed by atoms with E-state index in [2.05, 4.69) is 113 Å². The van der Waals surface area contributed by atoms with Crippen LogP contribution in [0.2, 0.25) is 0 Å². The van der Waals surface area contributed by atoms with Crippen molar-refractivity contribution in [3.8, 4) is 0 Å². The molecule has 0 bridgehead atoms. The Balaban J connectivity index is 1.01. The predicted octanol–water partition coefficient (Wildman–Crippen LogP) is 9.06. The molecule has 37 heavy (non-hydrogen) atoms. The lowest BCUT2D eigenvalue weighted by molar-refractivity contribution is 0.610. The molecule has 0 atom stereocenters. The van der Waals surface area contributed by atoms with Crippen LogP contribution in [0.15, 0.2) is 109 Å². The number of unbranched alkanes of at least 4 members (excludes halogenated alkanes) is 5. The van der Waals surface area contributed by atoms with Crippen molar-refractivity contribution in [3.05, 3.63) is 109 Å². The summed E-state index contributed by atoms with van der Waals surface area (Å²) in [6.45, 7) is 2.06. The van der Waals surface area contributed by atoms with Crippen LogP contribution in [-0.2, 0) is 0 Å². The fourth-order valence-electron chi connectivity index (χ4n) is 4.39. The van der Waals surface area contributed by atoms with Crippen LogP contribution in [0.1, 0.15) is 38.5 Å². The molecule has 0 saturated heterocycles. The van der Waals surface area contributed by atoms with Crippen LogP contribution < -0.4 is 20.9 Å². The van der Waals surface area contributed by atoms with Gasteiger partial charge in [-0.15, -0.1) is 0 Å². The Bertz CT molecular complexity index is 1140. The average Bonchev–Trinajstić information content (AvgIpc) is 2.96. The van der Waals surface area contributed by atoms with E-state index < -0.39 is 0 Å². The second-order valence-corrected chi connectivity index (χ2v) is 9.48. The Morgan fingerprint density at radius 2 is 0.838 bits per heavy atom. The van der Waals surface area contributed by atoms with Gasteiger partial charge in [-0.25, -0.2) is 0 Å². The lowest BCUT2D eigenvalue weighted by atomic mass is 10.1. The number of hydrogen-bond donors (Lipinski definition) is 3. The summed E-state index contributed by atoms with van der Waals surface area (Å²) >= 11 is 0. The maximum absolute atomic E-state index is 3.56. The molecular formula is C33H40N4. The highest BCUT2D eigenvalue weighted by atomic mass is 15.1. The molecule has 0 aliphatic carbocycles. The lowest BCUT2D eigenvalue weighted by Crippen LogP contribution is -2.09. The molecule has 0 spiro atoms. The smallest absolute Gasteiger partial charge is 0.0409 e. The number of benzene rings is 4. The largest absolute Gasteiger partial charge is 0.385 e. The van der Waals surface area contributed by atoms with Crippen molar-refractivity contribution in [2.24, 2.45) is 0 Å². The average molecular weight is 493 g/mol. The van der Waals surface area contributed by atoms with Crippen molar-refractivity contribution in [1.82, 2.24) is 0 Å². The third-order valence-corrected chi connectivity index (χ3v) is 6.61. The fourth-order valence-corrected chi connectivity index (χ4v) is 4.39. The summed E-state index contributed by atoms with van der Waals surface area (Å²) in [6, 6.07) is 38.0. The third kappa shape index (κ3) is 8.91. The first-order valence-corrected chi connectivity index (χ1v) is 13.6. The number of anilines is 6. The standard InChI is InChI=1S/C33H40N4/c1-37(32-16-10-7-11-17-32)33-24-22-29(23-25-33)35-27-13-5-3-2-4-12-26-34-28-18-20-31(21-19-28)36-30-14-8-6-9-15-30/h6-11,14-25,34-36H,2-5,12-13,26-27H2,1H3. The van der Waals surface area contributed by atoms with Crippen molar-refractivity contribution >= 4 is 34.1 Å². The molecule has 4 aromatic rings. The molecule has 4 rings (SSSR count). The zero-order valence-corrected chi connectivity index (χ0v) is 22.0. The summed E-state index contributed by atoms with van der Waals surface area (Å²) in [5.74, 6) is 0. The highest BCUT2D eigenvalue weighted by Crippen LogP contribution is 2.24. The van der Waals surface area contributed by atoms with Crippen molar-refractivity contribution in [2.45, 2.75) is 38.5 Å². The summed E-state index contributed by atoms with van der Waals surface area (Å²) in [6.07, 6.45) is 7.61. The van der Waals surface area contributed by atoms with E-state index in [9.17, 15) is 0 Å². The van der Waals surface area contributed by atoms with E-state index in [1.54, 1.807) is 0 Å². The molecule has 0 saturated carbocycles. The molecule has 192 valence electrons. The Morgan fingerprint density at radius 3 is 1.41 bits per heavy atom. The highest BCUT2D eigenvalue weighted by Gasteiger charge is 2.03. The molecule has 4 nitrogen and oxygen atoms in total. The molecule has 0 unspecified atom stereocenters. The van der Waals surface area contributed by atoms with Gasteiger partial charge in [0.15, 0.2) is 0 Å². The van der Waals surface area contributed by atoms with Crippen LogP contribution in [0, 0.1) is 0 Å². The van der Waals surface area contributed by atoms with E-state index in [-0.39, 0.29) is 0 Å². The summed E-state index contributed by atoms with van der Waals surface area (Å²) in [4.78, 5) is 2.21. The van der Waals surface area contributed by atoms with Crippen molar-refractivity contribution in [2.75, 3.05) is 41.0 Å². The van der Waals surface area contributed by atoms with Gasteiger partial charge in [-0.3, -0.25) is 0 Å². The summed E-state index contributed by atoms with van der Waals surface area (Å²) < 4.78 is 0. The van der Waals surface area contributed by atoms with Gasteiger partial charge in [-0.1, -0.05) is 62.1 Å². The van der Waals surface area contributed by atoms with E-state index in [0.29, 0.717) is 0 Å². The fraction of sp³-hybridized carbons (Fsp3) is 0.273. The molecule has 0 heterocycles. The number of nitrogens with one attached hydrogen (secondary N) is 3. The van der Waals surface area contributed by atoms with Crippen LogP contribution >= 0.6 is 0 Å². The quantitative estimate of drug-likeness (QED) is 0.145. The monoisotopic (exact) mass is 492 g/mol. The first-order chi connectivity index (χ1) is 18.3. The molecule has 0 amide bonds. The number of nitrogens with zero attached hydrogens (tertiary/aromatic N) is 1. The number of hydrogen-bond acceptors (Lipinski definition) is 4. The first kappa shape index (κ1) is 26.2. The Morgan fingerprint density at radius 1 is 0.432 bits per heavy atom. The minimum atomic E-state index is 1.03. The van der Waals surface area contributed by atoms with Crippen LogP contribution in [0.4, 0.5) is 34.1 Å². The van der Waals surface area contributed by atoms with Gasteiger partial charge in [0.25, 0.3) is 0 Å². The van der Waals surface area contributed by atoms with E-state index in [1.165, 1.54) is 61.3 Å². The third-order valence-electron chi connectivity index (χ3n) is 6.61. The molecule has 0 aromatic heterocycles. The van der Waals surface area contributed by atoms with E-state index in [1.807, 2.05) is 24.3 Å². The van der Waals surface area contributed by atoms with E-state index >= 15 is 0 Å². The van der Waals surface area contributed by atoms with E-state index in [4.69, 9.17) is 0 Å². The molecule has 0 radical (unpaired) electrons. The van der Waals surface area contributed by atoms with Crippen LogP contribution in [-0.4, -0.2) is 20.1 Å². The highest BCUT2D eigenvalue weighted by molar-refractivity contribution is 5.65. The molecule has 3 N–H and O–H groups in total. The van der Waals surface area contributed by atoms with Gasteiger partial charge >= 0.3 is 0 Å². The van der Waals surface area contributed by atoms with Gasteiger partial charge in [-0.2, -0.15) is 0 Å². The summed E-state index contributed by atoms with van der Waals surface area (Å²) in [5, 5.41) is 10.5. The molecule has 4 heteroatoms. The first-order valence-electron chi connectivity index (χ1n) is 13.6. The molecule has 4 aromatic carbocycles. The van der Waals surface area contributed by atoms with Gasteiger partial charge in [0, 0.05) is 54.3 Å². The second kappa shape index (κ2) is 14.6. The lowest BCUT2D eigenvalue weighted by Gasteiger charge is -2.19. The van der Waals surface area contributed by atoms with Crippen LogP contribution in [0.3, 0.4) is 0 Å². The zero-order valence-electron chi connectivity index (χ0n) is 22.0. The van der Waals surface area contributed by atoms with Gasteiger partial charge in [-0.05, 0) is 85.6 Å². The second-order valence-electron chi connectivity index (χ2n) is 9.48. The van der Waals surface area contributed by atoms with Crippen LogP contribution in [0.5, 0.6) is 0 Å². The zero-order chi connectivity index (χ0) is 25.5. The molecule has 0 aliphatic heterocycles. The van der Waals surface area contributed by atoms with Crippen molar-refractivity contribution < 1.29 is 0 Å². The normalized spacial score (nSPS) is 10.6. The predicted molar refractivity (Wildman–Crippen MR) is 162 cm³/mol. The van der Waals surface area contributed by atoms with Gasteiger partial charge in [0.2, 0.25) is 0 Å². The molecule has 0 fully saturated rings. The van der Waals surface area contributed by atoms with Gasteiger partial charge < -0.3 is 20.9 Å². The van der Waals surface area contributed by atoms with Gasteiger partial charge in [0.05, 0.1) is 0 Å². The summed E-state index contributed by atoms with van der Waals surface area (Å²) in [7, 11) is 2.11. The maximum atomic E-state index is 3.56. The van der Waals surface area contributed by atoms with Crippen molar-refractivity contribution in [3.63, 3.8) is 0 Å². The minimum Gasteiger partial charge on any atom is -0.385 e. The topological polar surface area (TPSA) is 39.3 Å². The summed E-state index contributed by atoms with van der Waals surface area (Å²) in [5.41, 5.74) is 7.00. The SMILES string of the molecule is CN(c1ccccc1)c1ccc(NCCCCCCCCNc2ccc(Nc3ccccc3)cc2)cc1. The van der Waals surface area contributed by atoms with E-state index in [0.717, 1.165) is 24.5 Å². The Hall–Kier alpha value is -3.92. The maximum Gasteiger partial charge on any atom is 0.0409 e. The van der Waals surface area contributed by atoms with Crippen LogP contribution in [0.25, 0.3) is 0 Å². The Labute approximate surface area is 222 Å². The van der Waals surface area contributed by atoms with Gasteiger partial charge in [0.1, 0.15) is 0 Å². The molecular weight excluding hydrogens is 452 g/mol. The molecule has 0 aliphatic rings. The Kier molecular flexibility index (Phi) is 10.3. The minimum absolute atomic E-state index is 1.03. The number of rotatable bonds is 15.